The fourth-order valence-corrected chi connectivity index (χ4v) is 4.91. The molecular weight excluding hydrogens is 462 g/mol. The van der Waals surface area contributed by atoms with Crippen molar-refractivity contribution in [2.24, 2.45) is 14.1 Å². The summed E-state index contributed by atoms with van der Waals surface area (Å²) in [7, 11) is 3.10. The van der Waals surface area contributed by atoms with E-state index in [9.17, 15) is 14.4 Å². The number of rotatable bonds is 9. The predicted molar refractivity (Wildman–Crippen MR) is 140 cm³/mol. The fourth-order valence-electron chi connectivity index (χ4n) is 3.95. The molecule has 4 rings (SSSR count). The summed E-state index contributed by atoms with van der Waals surface area (Å²) in [6.45, 7) is 2.64. The maximum atomic E-state index is 12.8. The Morgan fingerprint density at radius 2 is 1.69 bits per heavy atom. The van der Waals surface area contributed by atoms with Crippen LogP contribution in [0, 0.1) is 0 Å². The van der Waals surface area contributed by atoms with Gasteiger partial charge >= 0.3 is 5.69 Å². The topological polar surface area (TPSA) is 90.9 Å². The Morgan fingerprint density at radius 1 is 0.971 bits per heavy atom. The van der Waals surface area contributed by atoms with Crippen molar-refractivity contribution in [1.82, 2.24) is 18.7 Å². The molecule has 0 atom stereocenters. The number of thioether (sulfide) groups is 1. The van der Waals surface area contributed by atoms with Crippen molar-refractivity contribution in [3.05, 3.63) is 86.6 Å². The quantitative estimate of drug-likeness (QED) is 0.363. The molecule has 0 spiro atoms. The number of anilines is 1. The van der Waals surface area contributed by atoms with Crippen molar-refractivity contribution >= 4 is 34.5 Å². The number of fused-ring (bicyclic) bond motifs is 1. The number of aromatic nitrogens is 4. The molecule has 1 N–H and O–H groups in total. The van der Waals surface area contributed by atoms with Crippen LogP contribution in [0.1, 0.15) is 24.5 Å². The van der Waals surface area contributed by atoms with E-state index in [1.54, 1.807) is 7.05 Å². The molecule has 0 fully saturated rings. The summed E-state index contributed by atoms with van der Waals surface area (Å²) in [6.07, 6.45) is 1.96. The third kappa shape index (κ3) is 5.40. The minimum atomic E-state index is -0.420. The second-order valence-corrected chi connectivity index (χ2v) is 9.42. The molecule has 0 aliphatic heterocycles. The highest BCUT2D eigenvalue weighted by molar-refractivity contribution is 7.99. The van der Waals surface area contributed by atoms with Gasteiger partial charge in [0.1, 0.15) is 0 Å². The molecule has 4 aromatic rings. The Morgan fingerprint density at radius 3 is 2.37 bits per heavy atom. The van der Waals surface area contributed by atoms with Gasteiger partial charge in [0.25, 0.3) is 5.56 Å². The molecule has 0 bridgehead atoms. The Balaban J connectivity index is 1.54. The van der Waals surface area contributed by atoms with E-state index in [-0.39, 0.29) is 11.4 Å². The summed E-state index contributed by atoms with van der Waals surface area (Å²) in [5, 5.41) is 3.54. The normalized spacial score (nSPS) is 11.2. The van der Waals surface area contributed by atoms with Crippen LogP contribution < -0.4 is 16.6 Å². The van der Waals surface area contributed by atoms with Gasteiger partial charge in [-0.3, -0.25) is 18.7 Å². The SMILES string of the molecule is CCc1ccc(NC(=O)CCSc2nc3c(=O)n(C)c(=O)n(C)c3n2CCc2ccccc2)cc1. The first-order chi connectivity index (χ1) is 16.9. The number of nitrogens with one attached hydrogen (secondary N) is 1. The number of amides is 1. The summed E-state index contributed by atoms with van der Waals surface area (Å²) in [6, 6.07) is 17.8. The van der Waals surface area contributed by atoms with Gasteiger partial charge in [0.05, 0.1) is 0 Å². The van der Waals surface area contributed by atoms with Crippen molar-refractivity contribution in [2.45, 2.75) is 37.9 Å². The van der Waals surface area contributed by atoms with Crippen molar-refractivity contribution in [3.63, 3.8) is 0 Å². The summed E-state index contributed by atoms with van der Waals surface area (Å²) >= 11 is 1.41. The molecule has 0 saturated heterocycles. The molecule has 8 nitrogen and oxygen atoms in total. The Hall–Kier alpha value is -3.59. The van der Waals surface area contributed by atoms with Crippen LogP contribution in [0.2, 0.25) is 0 Å². The number of benzene rings is 2. The summed E-state index contributed by atoms with van der Waals surface area (Å²) in [4.78, 5) is 42.4. The Labute approximate surface area is 207 Å². The lowest BCUT2D eigenvalue weighted by atomic mass is 10.1. The van der Waals surface area contributed by atoms with Crippen LogP contribution in [0.3, 0.4) is 0 Å². The molecule has 2 heterocycles. The minimum absolute atomic E-state index is 0.0861. The van der Waals surface area contributed by atoms with Gasteiger partial charge in [-0.25, -0.2) is 9.78 Å². The van der Waals surface area contributed by atoms with Crippen molar-refractivity contribution in [2.75, 3.05) is 11.1 Å². The highest BCUT2D eigenvalue weighted by atomic mass is 32.2. The van der Waals surface area contributed by atoms with E-state index in [1.165, 1.54) is 28.9 Å². The predicted octanol–water partition coefficient (Wildman–Crippen LogP) is 3.36. The lowest BCUT2D eigenvalue weighted by Gasteiger charge is -2.11. The highest BCUT2D eigenvalue weighted by Crippen LogP contribution is 2.23. The second kappa shape index (κ2) is 10.8. The monoisotopic (exact) mass is 491 g/mol. The van der Waals surface area contributed by atoms with Gasteiger partial charge < -0.3 is 9.88 Å². The number of aryl methyl sites for hydroxylation is 4. The van der Waals surface area contributed by atoms with E-state index < -0.39 is 11.2 Å². The third-order valence-corrected chi connectivity index (χ3v) is 6.96. The molecule has 2 aromatic carbocycles. The van der Waals surface area contributed by atoms with E-state index in [2.05, 4.69) is 17.2 Å². The van der Waals surface area contributed by atoms with E-state index in [0.29, 0.717) is 29.5 Å². The van der Waals surface area contributed by atoms with Crippen LogP contribution in [0.5, 0.6) is 0 Å². The first-order valence-corrected chi connectivity index (χ1v) is 12.6. The van der Waals surface area contributed by atoms with Gasteiger partial charge in [-0.2, -0.15) is 0 Å². The summed E-state index contributed by atoms with van der Waals surface area (Å²) < 4.78 is 4.45. The average Bonchev–Trinajstić information content (AvgIpc) is 3.24. The number of hydrogen-bond acceptors (Lipinski definition) is 5. The Bertz CT molecular complexity index is 1450. The van der Waals surface area contributed by atoms with Gasteiger partial charge in [0.2, 0.25) is 5.91 Å². The fraction of sp³-hybridized carbons (Fsp3) is 0.308. The van der Waals surface area contributed by atoms with Crippen LogP contribution in [0.15, 0.2) is 69.3 Å². The van der Waals surface area contributed by atoms with E-state index in [4.69, 9.17) is 0 Å². The lowest BCUT2D eigenvalue weighted by Crippen LogP contribution is -2.37. The molecule has 35 heavy (non-hydrogen) atoms. The standard InChI is InChI=1S/C26H29N5O3S/c1-4-18-10-12-20(13-11-18)27-21(32)15-17-35-25-28-22-23(29(2)26(34)30(3)24(22)33)31(25)16-14-19-8-6-5-7-9-19/h5-13H,4,14-17H2,1-3H3,(H,27,32). The van der Waals surface area contributed by atoms with Crippen LogP contribution in [0.4, 0.5) is 5.69 Å². The van der Waals surface area contributed by atoms with Gasteiger partial charge in [-0.05, 0) is 36.1 Å². The number of carbonyl (C=O) groups is 1. The van der Waals surface area contributed by atoms with Crippen LogP contribution >= 0.6 is 11.8 Å². The molecule has 0 aliphatic carbocycles. The van der Waals surface area contributed by atoms with Crippen LogP contribution in [-0.4, -0.2) is 30.3 Å². The molecular formula is C26H29N5O3S. The zero-order valence-corrected chi connectivity index (χ0v) is 21.0. The first-order valence-electron chi connectivity index (χ1n) is 11.6. The molecule has 1 amide bonds. The minimum Gasteiger partial charge on any atom is -0.326 e. The van der Waals surface area contributed by atoms with Gasteiger partial charge in [0, 0.05) is 38.5 Å². The Kier molecular flexibility index (Phi) is 7.55. The van der Waals surface area contributed by atoms with Crippen LogP contribution in [-0.2, 0) is 38.3 Å². The largest absolute Gasteiger partial charge is 0.332 e. The number of nitrogens with zero attached hydrogens (tertiary/aromatic N) is 4. The van der Waals surface area contributed by atoms with Gasteiger partial charge in [-0.15, -0.1) is 0 Å². The third-order valence-electron chi connectivity index (χ3n) is 5.98. The lowest BCUT2D eigenvalue weighted by molar-refractivity contribution is -0.115. The first kappa shape index (κ1) is 24.5. The maximum absolute atomic E-state index is 12.8. The van der Waals surface area contributed by atoms with Crippen molar-refractivity contribution in [3.8, 4) is 0 Å². The molecule has 0 unspecified atom stereocenters. The molecule has 9 heteroatoms. The summed E-state index contributed by atoms with van der Waals surface area (Å²) in [5.41, 5.74) is 3.07. The van der Waals surface area contributed by atoms with E-state index in [0.717, 1.165) is 28.7 Å². The van der Waals surface area contributed by atoms with E-state index >= 15 is 0 Å². The zero-order valence-electron chi connectivity index (χ0n) is 20.2. The smallest absolute Gasteiger partial charge is 0.326 e. The highest BCUT2D eigenvalue weighted by Gasteiger charge is 2.19. The average molecular weight is 492 g/mol. The molecule has 182 valence electrons. The van der Waals surface area contributed by atoms with Crippen molar-refractivity contribution in [1.29, 1.82) is 0 Å². The zero-order chi connectivity index (χ0) is 24.9. The summed E-state index contributed by atoms with van der Waals surface area (Å²) in [5.74, 6) is 0.402. The van der Waals surface area contributed by atoms with Crippen molar-refractivity contribution < 1.29 is 4.79 Å². The number of imidazole rings is 1. The number of carbonyl (C=O) groups excluding carboxylic acids is 1. The molecule has 2 aromatic heterocycles. The molecule has 0 radical (unpaired) electrons. The van der Waals surface area contributed by atoms with Gasteiger partial charge in [-0.1, -0.05) is 61.2 Å². The molecule has 0 saturated carbocycles. The van der Waals surface area contributed by atoms with E-state index in [1.807, 2.05) is 59.2 Å². The second-order valence-electron chi connectivity index (χ2n) is 8.36. The maximum Gasteiger partial charge on any atom is 0.332 e. The van der Waals surface area contributed by atoms with Gasteiger partial charge in [0.15, 0.2) is 16.3 Å². The number of hydrogen-bond donors (Lipinski definition) is 1. The molecule has 0 aliphatic rings. The van der Waals surface area contributed by atoms with Crippen LogP contribution in [0.25, 0.3) is 11.2 Å².